The quantitative estimate of drug-likeness (QED) is 0.630. The summed E-state index contributed by atoms with van der Waals surface area (Å²) in [6.45, 7) is 0.433. The number of ether oxygens (including phenoxy) is 1. The molecule has 17 heavy (non-hydrogen) atoms. The van der Waals surface area contributed by atoms with Gasteiger partial charge in [-0.05, 0) is 19.3 Å². The van der Waals surface area contributed by atoms with E-state index in [0.29, 0.717) is 18.4 Å². The highest BCUT2D eigenvalue weighted by Crippen LogP contribution is 2.30. The summed E-state index contributed by atoms with van der Waals surface area (Å²) >= 11 is 0. The summed E-state index contributed by atoms with van der Waals surface area (Å²) in [5, 5.41) is 13.7. The van der Waals surface area contributed by atoms with Crippen LogP contribution in [0.15, 0.2) is 18.2 Å². The molecule has 0 aliphatic heterocycles. The number of nitrogens with zero attached hydrogens (tertiary/aromatic N) is 1. The Morgan fingerprint density at radius 3 is 2.82 bits per heavy atom. The van der Waals surface area contributed by atoms with Gasteiger partial charge in [-0.15, -0.1) is 0 Å². The molecule has 0 bridgehead atoms. The first kappa shape index (κ1) is 11.9. The first-order valence-corrected chi connectivity index (χ1v) is 5.78. The van der Waals surface area contributed by atoms with Gasteiger partial charge in [-0.2, -0.15) is 0 Å². The fourth-order valence-corrected chi connectivity index (χ4v) is 1.89. The maximum atomic E-state index is 10.9. The normalized spacial score (nSPS) is 15.4. The summed E-state index contributed by atoms with van der Waals surface area (Å²) in [6, 6.07) is 5.05. The van der Waals surface area contributed by atoms with Gasteiger partial charge in [0.05, 0.1) is 17.6 Å². The van der Waals surface area contributed by atoms with Crippen molar-refractivity contribution in [3.8, 4) is 0 Å². The van der Waals surface area contributed by atoms with Gasteiger partial charge in [0.25, 0.3) is 5.69 Å². The van der Waals surface area contributed by atoms with Crippen LogP contribution < -0.4 is 5.32 Å². The molecule has 0 radical (unpaired) electrons. The van der Waals surface area contributed by atoms with E-state index in [-0.39, 0.29) is 10.6 Å². The lowest BCUT2D eigenvalue weighted by molar-refractivity contribution is -0.384. The SMILES string of the molecule is CNc1c(COC2CCC2)cccc1[N+](=O)[O-]. The van der Waals surface area contributed by atoms with Crippen molar-refractivity contribution in [1.29, 1.82) is 0 Å². The molecular formula is C12H16N2O3. The Morgan fingerprint density at radius 1 is 1.53 bits per heavy atom. The van der Waals surface area contributed by atoms with Crippen LogP contribution >= 0.6 is 0 Å². The minimum atomic E-state index is -0.376. The first-order chi connectivity index (χ1) is 8.22. The number of rotatable bonds is 5. The van der Waals surface area contributed by atoms with Gasteiger partial charge in [-0.25, -0.2) is 0 Å². The van der Waals surface area contributed by atoms with Crippen molar-refractivity contribution in [2.24, 2.45) is 0 Å². The predicted molar refractivity (Wildman–Crippen MR) is 65.1 cm³/mol. The van der Waals surface area contributed by atoms with Crippen LogP contribution in [0.25, 0.3) is 0 Å². The average Bonchev–Trinajstić information content (AvgIpc) is 2.26. The van der Waals surface area contributed by atoms with Crippen molar-refractivity contribution >= 4 is 11.4 Å². The van der Waals surface area contributed by atoms with Crippen molar-refractivity contribution in [3.63, 3.8) is 0 Å². The molecule has 1 fully saturated rings. The van der Waals surface area contributed by atoms with E-state index in [1.54, 1.807) is 13.1 Å². The van der Waals surface area contributed by atoms with Crippen LogP contribution in [-0.2, 0) is 11.3 Å². The van der Waals surface area contributed by atoms with E-state index in [1.165, 1.54) is 12.5 Å². The maximum Gasteiger partial charge on any atom is 0.292 e. The van der Waals surface area contributed by atoms with Gasteiger partial charge in [0.2, 0.25) is 0 Å². The van der Waals surface area contributed by atoms with Crippen LogP contribution in [0.1, 0.15) is 24.8 Å². The third kappa shape index (κ3) is 2.55. The lowest BCUT2D eigenvalue weighted by Gasteiger charge is -2.25. The van der Waals surface area contributed by atoms with Gasteiger partial charge in [0.1, 0.15) is 5.69 Å². The van der Waals surface area contributed by atoms with Crippen LogP contribution in [-0.4, -0.2) is 18.1 Å². The van der Waals surface area contributed by atoms with Crippen molar-refractivity contribution in [1.82, 2.24) is 0 Å². The van der Waals surface area contributed by atoms with E-state index in [2.05, 4.69) is 5.32 Å². The van der Waals surface area contributed by atoms with Crippen LogP contribution in [0.4, 0.5) is 11.4 Å². The number of hydrogen-bond acceptors (Lipinski definition) is 4. The molecule has 1 aliphatic rings. The molecule has 0 unspecified atom stereocenters. The van der Waals surface area contributed by atoms with E-state index in [1.807, 2.05) is 6.07 Å². The van der Waals surface area contributed by atoms with Gasteiger partial charge < -0.3 is 10.1 Å². The van der Waals surface area contributed by atoms with Crippen molar-refractivity contribution in [2.45, 2.75) is 32.0 Å². The molecule has 1 saturated carbocycles. The number of nitro benzene ring substituents is 1. The lowest BCUT2D eigenvalue weighted by Crippen LogP contribution is -2.21. The highest BCUT2D eigenvalue weighted by Gasteiger charge is 2.20. The average molecular weight is 236 g/mol. The van der Waals surface area contributed by atoms with Crippen LogP contribution in [0, 0.1) is 10.1 Å². The Bertz CT molecular complexity index is 416. The lowest BCUT2D eigenvalue weighted by atomic mass is 9.96. The largest absolute Gasteiger partial charge is 0.382 e. The molecule has 1 N–H and O–H groups in total. The highest BCUT2D eigenvalue weighted by atomic mass is 16.6. The molecular weight excluding hydrogens is 220 g/mol. The molecule has 5 heteroatoms. The maximum absolute atomic E-state index is 10.9. The molecule has 1 aliphatic carbocycles. The Morgan fingerprint density at radius 2 is 2.29 bits per heavy atom. The van der Waals surface area contributed by atoms with E-state index in [4.69, 9.17) is 4.74 Å². The third-order valence-corrected chi connectivity index (χ3v) is 3.10. The fraction of sp³-hybridized carbons (Fsp3) is 0.500. The molecule has 2 rings (SSSR count). The Hall–Kier alpha value is -1.62. The summed E-state index contributed by atoms with van der Waals surface area (Å²) in [7, 11) is 1.69. The second-order valence-electron chi connectivity index (χ2n) is 4.18. The zero-order chi connectivity index (χ0) is 12.3. The van der Waals surface area contributed by atoms with Crippen LogP contribution in [0.3, 0.4) is 0 Å². The molecule has 0 amide bonds. The number of benzene rings is 1. The summed E-state index contributed by atoms with van der Waals surface area (Å²) < 4.78 is 5.68. The number of hydrogen-bond donors (Lipinski definition) is 1. The molecule has 0 spiro atoms. The fourth-order valence-electron chi connectivity index (χ4n) is 1.89. The summed E-state index contributed by atoms with van der Waals surface area (Å²) in [4.78, 5) is 10.5. The zero-order valence-electron chi connectivity index (χ0n) is 9.81. The van der Waals surface area contributed by atoms with E-state index in [0.717, 1.165) is 18.4 Å². The van der Waals surface area contributed by atoms with Gasteiger partial charge in [0, 0.05) is 18.7 Å². The van der Waals surface area contributed by atoms with Gasteiger partial charge >= 0.3 is 0 Å². The van der Waals surface area contributed by atoms with E-state index >= 15 is 0 Å². The Kier molecular flexibility index (Phi) is 3.58. The number of para-hydroxylation sites is 1. The van der Waals surface area contributed by atoms with Gasteiger partial charge in [0.15, 0.2) is 0 Å². The summed E-state index contributed by atoms with van der Waals surface area (Å²) in [5.74, 6) is 0. The molecule has 0 saturated heterocycles. The minimum absolute atomic E-state index is 0.0993. The molecule has 1 aromatic carbocycles. The smallest absolute Gasteiger partial charge is 0.292 e. The molecule has 0 aromatic heterocycles. The van der Waals surface area contributed by atoms with Crippen molar-refractivity contribution in [2.75, 3.05) is 12.4 Å². The van der Waals surface area contributed by atoms with Crippen LogP contribution in [0.5, 0.6) is 0 Å². The first-order valence-electron chi connectivity index (χ1n) is 5.78. The Labute approximate surface area is 99.9 Å². The van der Waals surface area contributed by atoms with Gasteiger partial charge in [-0.1, -0.05) is 12.1 Å². The van der Waals surface area contributed by atoms with E-state index < -0.39 is 0 Å². The molecule has 0 heterocycles. The third-order valence-electron chi connectivity index (χ3n) is 3.10. The second kappa shape index (κ2) is 5.14. The summed E-state index contributed by atoms with van der Waals surface area (Å²) in [5.41, 5.74) is 1.49. The molecule has 5 nitrogen and oxygen atoms in total. The number of nitrogens with one attached hydrogen (secondary N) is 1. The van der Waals surface area contributed by atoms with Crippen molar-refractivity contribution in [3.05, 3.63) is 33.9 Å². The standard InChI is InChI=1S/C12H16N2O3/c1-13-12-9(8-17-10-5-3-6-10)4-2-7-11(12)14(15)16/h2,4,7,10,13H,3,5-6,8H2,1H3. The molecule has 92 valence electrons. The van der Waals surface area contributed by atoms with Crippen LogP contribution in [0.2, 0.25) is 0 Å². The number of anilines is 1. The van der Waals surface area contributed by atoms with Crippen molar-refractivity contribution < 1.29 is 9.66 Å². The predicted octanol–water partition coefficient (Wildman–Crippen LogP) is 2.71. The topological polar surface area (TPSA) is 64.4 Å². The second-order valence-corrected chi connectivity index (χ2v) is 4.18. The molecule has 1 aromatic rings. The van der Waals surface area contributed by atoms with Gasteiger partial charge in [-0.3, -0.25) is 10.1 Å². The number of nitro groups is 1. The highest BCUT2D eigenvalue weighted by molar-refractivity contribution is 5.65. The minimum Gasteiger partial charge on any atom is -0.382 e. The Balaban J connectivity index is 2.13. The van der Waals surface area contributed by atoms with E-state index in [9.17, 15) is 10.1 Å². The molecule has 0 atom stereocenters. The zero-order valence-corrected chi connectivity index (χ0v) is 9.81. The monoisotopic (exact) mass is 236 g/mol. The summed E-state index contributed by atoms with van der Waals surface area (Å²) in [6.07, 6.45) is 3.76.